The van der Waals surface area contributed by atoms with E-state index in [4.69, 9.17) is 0 Å². The van der Waals surface area contributed by atoms with Gasteiger partial charge in [-0.05, 0) is 34.9 Å². The van der Waals surface area contributed by atoms with E-state index >= 15 is 0 Å². The maximum Gasteiger partial charge on any atom is 0.0441 e. The summed E-state index contributed by atoms with van der Waals surface area (Å²) in [5, 5.41) is 7.42. The van der Waals surface area contributed by atoms with Crippen LogP contribution in [-0.2, 0) is 6.42 Å². The lowest BCUT2D eigenvalue weighted by atomic mass is 10.1. The summed E-state index contributed by atoms with van der Waals surface area (Å²) in [5.74, 6) is 1.26. The van der Waals surface area contributed by atoms with Crippen LogP contribution >= 0.6 is 34.4 Å². The molecule has 0 saturated carbocycles. The van der Waals surface area contributed by atoms with Crippen LogP contribution in [0, 0.1) is 0 Å². The van der Waals surface area contributed by atoms with Crippen LogP contribution in [0.4, 0.5) is 0 Å². The summed E-state index contributed by atoms with van der Waals surface area (Å²) < 4.78 is 3.02. The lowest BCUT2D eigenvalue weighted by Crippen LogP contribution is -1.81. The van der Waals surface area contributed by atoms with E-state index < -0.39 is 0 Å². The number of hydrogen-bond acceptors (Lipinski definition) is 3. The van der Waals surface area contributed by atoms with Crippen LogP contribution in [0.25, 0.3) is 20.2 Å². The number of hydrogen-bond donors (Lipinski definition) is 0. The molecule has 3 heterocycles. The van der Waals surface area contributed by atoms with E-state index in [0.29, 0.717) is 0 Å². The topological polar surface area (TPSA) is 0 Å². The molecule has 0 amide bonds. The van der Waals surface area contributed by atoms with Gasteiger partial charge in [0.2, 0.25) is 0 Å². The fourth-order valence-corrected chi connectivity index (χ4v) is 5.66. The van der Waals surface area contributed by atoms with Gasteiger partial charge in [-0.15, -0.1) is 34.4 Å². The molecule has 0 bridgehead atoms. The van der Waals surface area contributed by atoms with Gasteiger partial charge < -0.3 is 0 Å². The number of aryl methyl sites for hydroxylation is 1. The van der Waals surface area contributed by atoms with Crippen molar-refractivity contribution in [3.05, 3.63) is 28.5 Å². The van der Waals surface area contributed by atoms with Crippen LogP contribution in [0.2, 0.25) is 0 Å². The van der Waals surface area contributed by atoms with Crippen LogP contribution in [0.3, 0.4) is 0 Å². The van der Waals surface area contributed by atoms with Crippen molar-refractivity contribution in [2.45, 2.75) is 11.3 Å². The Hall–Kier alpha value is -0.510. The molecule has 4 rings (SSSR count). The number of thioether (sulfide) groups is 1. The minimum atomic E-state index is 1.25. The summed E-state index contributed by atoms with van der Waals surface area (Å²) in [6, 6.07) is 4.57. The highest BCUT2D eigenvalue weighted by atomic mass is 32.2. The minimum absolute atomic E-state index is 1.25. The van der Waals surface area contributed by atoms with Crippen molar-refractivity contribution in [1.82, 2.24) is 0 Å². The Labute approximate surface area is 99.9 Å². The Kier molecular flexibility index (Phi) is 1.72. The third-order valence-electron chi connectivity index (χ3n) is 2.97. The SMILES string of the molecule is c1cc2c(s1)c1c(c3ccsc32)SCC1. The first-order valence-electron chi connectivity index (χ1n) is 4.97. The fourth-order valence-electron chi connectivity index (χ4n) is 2.33. The van der Waals surface area contributed by atoms with E-state index in [1.165, 1.54) is 32.3 Å². The van der Waals surface area contributed by atoms with Gasteiger partial charge in [0.1, 0.15) is 0 Å². The second-order valence-corrected chi connectivity index (χ2v) is 6.67. The van der Waals surface area contributed by atoms with Crippen molar-refractivity contribution < 1.29 is 0 Å². The Morgan fingerprint density at radius 1 is 0.933 bits per heavy atom. The third kappa shape index (κ3) is 1.03. The summed E-state index contributed by atoms with van der Waals surface area (Å²) >= 11 is 5.82. The van der Waals surface area contributed by atoms with E-state index in [2.05, 4.69) is 22.9 Å². The molecule has 15 heavy (non-hydrogen) atoms. The van der Waals surface area contributed by atoms with Gasteiger partial charge in [-0.25, -0.2) is 0 Å². The van der Waals surface area contributed by atoms with Crippen LogP contribution in [0.15, 0.2) is 27.8 Å². The van der Waals surface area contributed by atoms with Crippen molar-refractivity contribution >= 4 is 54.6 Å². The van der Waals surface area contributed by atoms with E-state index in [-0.39, 0.29) is 0 Å². The predicted molar refractivity (Wildman–Crippen MR) is 71.6 cm³/mol. The lowest BCUT2D eigenvalue weighted by Gasteiger charge is -2.02. The van der Waals surface area contributed by atoms with Crippen molar-refractivity contribution in [3.8, 4) is 0 Å². The number of fused-ring (bicyclic) bond motifs is 6. The highest BCUT2D eigenvalue weighted by Gasteiger charge is 2.20. The normalized spacial score (nSPS) is 15.2. The molecule has 3 heteroatoms. The minimum Gasteiger partial charge on any atom is -0.143 e. The molecule has 0 nitrogen and oxygen atoms in total. The average Bonchev–Trinajstić information content (AvgIpc) is 2.97. The second kappa shape index (κ2) is 3.00. The molecule has 1 aliphatic rings. The molecule has 0 fully saturated rings. The standard InChI is InChI=1S/C12H8S3/c1-4-13-10-7(1)11-9(2-5-14-11)12-8(10)3-6-15-12/h1-2,4-5H,3,6H2. The van der Waals surface area contributed by atoms with E-state index in [1.54, 1.807) is 10.5 Å². The maximum atomic E-state index is 2.29. The monoisotopic (exact) mass is 248 g/mol. The largest absolute Gasteiger partial charge is 0.143 e. The molecular weight excluding hydrogens is 240 g/mol. The zero-order valence-corrected chi connectivity index (χ0v) is 10.4. The van der Waals surface area contributed by atoms with Crippen LogP contribution in [-0.4, -0.2) is 5.75 Å². The predicted octanol–water partition coefficient (Wildman–Crippen LogP) is 4.76. The van der Waals surface area contributed by atoms with Gasteiger partial charge in [-0.1, -0.05) is 0 Å². The molecule has 0 atom stereocenters. The highest BCUT2D eigenvalue weighted by molar-refractivity contribution is 7.99. The van der Waals surface area contributed by atoms with Crippen molar-refractivity contribution in [1.29, 1.82) is 0 Å². The third-order valence-corrected chi connectivity index (χ3v) is 6.05. The molecule has 1 aliphatic heterocycles. The first kappa shape index (κ1) is 8.62. The summed E-state index contributed by atoms with van der Waals surface area (Å²) in [5.41, 5.74) is 1.61. The summed E-state index contributed by atoms with van der Waals surface area (Å²) in [7, 11) is 0. The van der Waals surface area contributed by atoms with Gasteiger partial charge in [0.05, 0.1) is 0 Å². The molecule has 3 aromatic rings. The Balaban J connectivity index is 2.38. The van der Waals surface area contributed by atoms with Gasteiger partial charge >= 0.3 is 0 Å². The Bertz CT molecular complexity index is 602. The first-order valence-corrected chi connectivity index (χ1v) is 7.71. The van der Waals surface area contributed by atoms with Crippen molar-refractivity contribution in [2.75, 3.05) is 5.75 Å². The molecule has 0 spiro atoms. The molecule has 74 valence electrons. The summed E-state index contributed by atoms with van der Waals surface area (Å²) in [6.45, 7) is 0. The molecule has 0 aliphatic carbocycles. The van der Waals surface area contributed by atoms with Gasteiger partial charge in [-0.2, -0.15) is 0 Å². The van der Waals surface area contributed by atoms with Gasteiger partial charge in [0, 0.05) is 30.8 Å². The zero-order chi connectivity index (χ0) is 9.83. The van der Waals surface area contributed by atoms with Crippen LogP contribution in [0.1, 0.15) is 5.56 Å². The van der Waals surface area contributed by atoms with Crippen LogP contribution < -0.4 is 0 Å². The summed E-state index contributed by atoms with van der Waals surface area (Å²) in [4.78, 5) is 1.56. The Morgan fingerprint density at radius 2 is 1.73 bits per heavy atom. The smallest absolute Gasteiger partial charge is 0.0441 e. The van der Waals surface area contributed by atoms with Crippen molar-refractivity contribution in [2.24, 2.45) is 0 Å². The van der Waals surface area contributed by atoms with E-state index in [1.807, 2.05) is 34.4 Å². The summed E-state index contributed by atoms with van der Waals surface area (Å²) in [6.07, 6.45) is 1.25. The quantitative estimate of drug-likeness (QED) is 0.552. The number of rotatable bonds is 0. The van der Waals surface area contributed by atoms with Crippen LogP contribution in [0.5, 0.6) is 0 Å². The molecule has 1 aromatic carbocycles. The number of thiophene rings is 2. The van der Waals surface area contributed by atoms with E-state index in [0.717, 1.165) is 0 Å². The van der Waals surface area contributed by atoms with Gasteiger partial charge in [0.25, 0.3) is 0 Å². The molecule has 0 N–H and O–H groups in total. The molecule has 2 aromatic heterocycles. The molecule has 0 radical (unpaired) electrons. The van der Waals surface area contributed by atoms with Gasteiger partial charge in [-0.3, -0.25) is 0 Å². The maximum absolute atomic E-state index is 2.29. The lowest BCUT2D eigenvalue weighted by molar-refractivity contribution is 1.19. The zero-order valence-electron chi connectivity index (χ0n) is 7.95. The highest BCUT2D eigenvalue weighted by Crippen LogP contribution is 2.46. The molecule has 0 saturated heterocycles. The van der Waals surface area contributed by atoms with Crippen molar-refractivity contribution in [3.63, 3.8) is 0 Å². The molecular formula is C12H8S3. The first-order chi connectivity index (χ1) is 7.45. The molecule has 0 unspecified atom stereocenters. The Morgan fingerprint density at radius 3 is 2.67 bits per heavy atom. The van der Waals surface area contributed by atoms with E-state index in [9.17, 15) is 0 Å². The van der Waals surface area contributed by atoms with Gasteiger partial charge in [0.15, 0.2) is 0 Å². The second-order valence-electron chi connectivity index (χ2n) is 3.73. The number of benzene rings is 1. The average molecular weight is 248 g/mol. The fraction of sp³-hybridized carbons (Fsp3) is 0.167.